The summed E-state index contributed by atoms with van der Waals surface area (Å²) >= 11 is 0. The number of aromatic nitrogens is 2. The lowest BCUT2D eigenvalue weighted by Crippen LogP contribution is -2.45. The number of nitrogens with zero attached hydrogens (tertiary/aromatic N) is 3. The minimum absolute atomic E-state index is 0.0101. The number of hydrogen-bond donors (Lipinski definition) is 2. The molecule has 1 aliphatic carbocycles. The first-order valence-electron chi connectivity index (χ1n) is 9.45. The van der Waals surface area contributed by atoms with Crippen molar-refractivity contribution in [2.45, 2.75) is 51.4 Å². The molecule has 1 aromatic carbocycles. The van der Waals surface area contributed by atoms with Gasteiger partial charge in [-0.2, -0.15) is 4.68 Å². The number of halogens is 2. The quantitative estimate of drug-likeness (QED) is 0.763. The van der Waals surface area contributed by atoms with E-state index in [0.29, 0.717) is 15.8 Å². The lowest BCUT2D eigenvalue weighted by Gasteiger charge is -2.29. The summed E-state index contributed by atoms with van der Waals surface area (Å²) in [4.78, 5) is 26.7. The number of nitrogens with two attached hydrogens (primary N) is 2. The van der Waals surface area contributed by atoms with Gasteiger partial charge in [0.15, 0.2) is 0 Å². The minimum Gasteiger partial charge on any atom is -0.366 e. The number of fused-ring (bicyclic) bond motifs is 1. The maximum atomic E-state index is 15.1. The van der Waals surface area contributed by atoms with E-state index in [1.165, 1.54) is 4.57 Å². The summed E-state index contributed by atoms with van der Waals surface area (Å²) < 4.78 is 31.7. The van der Waals surface area contributed by atoms with Crippen molar-refractivity contribution in [3.63, 3.8) is 0 Å². The molecular weight excluding hydrogens is 368 g/mol. The van der Waals surface area contributed by atoms with Crippen LogP contribution < -0.4 is 27.7 Å². The van der Waals surface area contributed by atoms with E-state index in [2.05, 4.69) is 0 Å². The molecule has 152 valence electrons. The zero-order valence-electron chi connectivity index (χ0n) is 16.2. The molecule has 2 fully saturated rings. The molecule has 2 aliphatic rings. The second-order valence-electron chi connectivity index (χ2n) is 8.64. The predicted octanol–water partition coefficient (Wildman–Crippen LogP) is 1.17. The minimum atomic E-state index is -1.20. The van der Waals surface area contributed by atoms with E-state index in [4.69, 9.17) is 11.6 Å². The van der Waals surface area contributed by atoms with Crippen molar-refractivity contribution in [3.8, 4) is 0 Å². The standard InChI is InChI=1S/C19H25F2N5O2/c1-9-15-11(17(27)26(23)18(28)25(15)10-4-5-10)6-13(20)16(9)24-7-12(14(21)8-24)19(2,3)22/h6,10,12,14H,4-5,7-8,22-23H2,1-3H3/t12-,14-/m0/s1. The number of alkyl halides is 1. The van der Waals surface area contributed by atoms with Crippen molar-refractivity contribution in [1.29, 1.82) is 0 Å². The zero-order chi connectivity index (χ0) is 20.5. The Morgan fingerprint density at radius 2 is 1.86 bits per heavy atom. The number of benzene rings is 1. The van der Waals surface area contributed by atoms with E-state index in [-0.39, 0.29) is 30.2 Å². The largest absolute Gasteiger partial charge is 0.366 e. The molecule has 1 saturated heterocycles. The summed E-state index contributed by atoms with van der Waals surface area (Å²) in [5, 5.41) is 0.0550. The first-order valence-corrected chi connectivity index (χ1v) is 9.45. The van der Waals surface area contributed by atoms with Crippen LogP contribution in [0.15, 0.2) is 15.7 Å². The Labute approximate surface area is 160 Å². The molecule has 2 heterocycles. The average molecular weight is 393 g/mol. The first kappa shape index (κ1) is 18.9. The number of rotatable bonds is 3. The molecule has 0 bridgehead atoms. The van der Waals surface area contributed by atoms with Gasteiger partial charge in [0, 0.05) is 36.2 Å². The van der Waals surface area contributed by atoms with E-state index in [1.807, 2.05) is 0 Å². The van der Waals surface area contributed by atoms with Crippen LogP contribution in [0.3, 0.4) is 0 Å². The summed E-state index contributed by atoms with van der Waals surface area (Å²) in [5.74, 6) is 4.55. The summed E-state index contributed by atoms with van der Waals surface area (Å²) in [7, 11) is 0. The highest BCUT2D eigenvalue weighted by Crippen LogP contribution is 2.40. The average Bonchev–Trinajstić information content (AvgIpc) is 3.35. The zero-order valence-corrected chi connectivity index (χ0v) is 16.2. The van der Waals surface area contributed by atoms with Crippen molar-refractivity contribution in [1.82, 2.24) is 9.24 Å². The van der Waals surface area contributed by atoms with Gasteiger partial charge in [-0.05, 0) is 39.7 Å². The van der Waals surface area contributed by atoms with Gasteiger partial charge in [0.25, 0.3) is 5.56 Å². The van der Waals surface area contributed by atoms with Gasteiger partial charge in [0.2, 0.25) is 0 Å². The van der Waals surface area contributed by atoms with Crippen LogP contribution in [0.2, 0.25) is 0 Å². The molecule has 2 aromatic rings. The molecule has 0 amide bonds. The third-order valence-corrected chi connectivity index (χ3v) is 6.00. The fraction of sp³-hybridized carbons (Fsp3) is 0.579. The molecule has 0 unspecified atom stereocenters. The Balaban J connectivity index is 1.95. The van der Waals surface area contributed by atoms with Crippen molar-refractivity contribution in [2.75, 3.05) is 23.8 Å². The molecule has 28 heavy (non-hydrogen) atoms. The second-order valence-corrected chi connectivity index (χ2v) is 8.64. The van der Waals surface area contributed by atoms with Crippen molar-refractivity contribution in [3.05, 3.63) is 38.3 Å². The Hall–Kier alpha value is -2.42. The van der Waals surface area contributed by atoms with E-state index in [1.54, 1.807) is 25.7 Å². The third kappa shape index (κ3) is 2.71. The second kappa shape index (κ2) is 6.04. The van der Waals surface area contributed by atoms with Gasteiger partial charge in [-0.25, -0.2) is 13.6 Å². The first-order chi connectivity index (χ1) is 13.0. The lowest BCUT2D eigenvalue weighted by atomic mass is 9.87. The monoisotopic (exact) mass is 393 g/mol. The molecule has 1 aromatic heterocycles. The van der Waals surface area contributed by atoms with Gasteiger partial charge in [-0.15, -0.1) is 0 Å². The van der Waals surface area contributed by atoms with Gasteiger partial charge in [-0.3, -0.25) is 9.36 Å². The summed E-state index contributed by atoms with van der Waals surface area (Å²) in [6.07, 6.45) is 0.384. The molecule has 0 spiro atoms. The van der Waals surface area contributed by atoms with Gasteiger partial charge >= 0.3 is 5.69 Å². The number of hydrogen-bond acceptors (Lipinski definition) is 5. The summed E-state index contributed by atoms with van der Waals surface area (Å²) in [5.41, 5.74) is 5.03. The fourth-order valence-corrected chi connectivity index (χ4v) is 4.37. The topological polar surface area (TPSA) is 99.3 Å². The molecule has 1 saturated carbocycles. The van der Waals surface area contributed by atoms with E-state index >= 15 is 4.39 Å². The summed E-state index contributed by atoms with van der Waals surface area (Å²) in [6.45, 7) is 5.44. The molecular formula is C19H25F2N5O2. The molecule has 7 nitrogen and oxygen atoms in total. The van der Waals surface area contributed by atoms with Crippen molar-refractivity contribution >= 4 is 16.6 Å². The van der Waals surface area contributed by atoms with Crippen LogP contribution in [0, 0.1) is 18.7 Å². The van der Waals surface area contributed by atoms with Gasteiger partial charge in [0.1, 0.15) is 12.0 Å². The maximum absolute atomic E-state index is 15.1. The summed E-state index contributed by atoms with van der Waals surface area (Å²) in [6, 6.07) is 1.04. The van der Waals surface area contributed by atoms with Crippen LogP contribution in [0.5, 0.6) is 0 Å². The van der Waals surface area contributed by atoms with E-state index in [9.17, 15) is 14.0 Å². The maximum Gasteiger partial charge on any atom is 0.350 e. The van der Waals surface area contributed by atoms with Crippen LogP contribution in [0.1, 0.15) is 38.3 Å². The SMILES string of the molecule is Cc1c(N2C[C@H](F)[C@@H](C(C)(C)N)C2)c(F)cc2c(=O)n(N)c(=O)n(C3CC3)c12. The van der Waals surface area contributed by atoms with Gasteiger partial charge in [0.05, 0.1) is 16.6 Å². The molecule has 0 radical (unpaired) electrons. The highest BCUT2D eigenvalue weighted by molar-refractivity contribution is 5.87. The lowest BCUT2D eigenvalue weighted by molar-refractivity contribution is 0.208. The number of aryl methyl sites for hydroxylation is 1. The smallest absolute Gasteiger partial charge is 0.350 e. The van der Waals surface area contributed by atoms with Crippen LogP contribution in [-0.2, 0) is 0 Å². The van der Waals surface area contributed by atoms with Crippen LogP contribution >= 0.6 is 0 Å². The molecule has 4 rings (SSSR count). The number of anilines is 1. The van der Waals surface area contributed by atoms with Crippen LogP contribution in [0.25, 0.3) is 10.9 Å². The van der Waals surface area contributed by atoms with Crippen LogP contribution in [-0.4, -0.2) is 34.0 Å². The highest BCUT2D eigenvalue weighted by atomic mass is 19.1. The fourth-order valence-electron chi connectivity index (χ4n) is 4.37. The van der Waals surface area contributed by atoms with E-state index in [0.717, 1.165) is 18.9 Å². The van der Waals surface area contributed by atoms with Crippen molar-refractivity contribution < 1.29 is 8.78 Å². The Kier molecular flexibility index (Phi) is 4.08. The Morgan fingerprint density at radius 3 is 2.39 bits per heavy atom. The third-order valence-electron chi connectivity index (χ3n) is 6.00. The Morgan fingerprint density at radius 1 is 1.21 bits per heavy atom. The molecule has 4 N–H and O–H groups in total. The van der Waals surface area contributed by atoms with Crippen LogP contribution in [0.4, 0.5) is 14.5 Å². The predicted molar refractivity (Wildman–Crippen MR) is 104 cm³/mol. The molecule has 9 heteroatoms. The normalized spacial score (nSPS) is 23.0. The van der Waals surface area contributed by atoms with Gasteiger partial charge < -0.3 is 16.5 Å². The Bertz CT molecular complexity index is 1080. The van der Waals surface area contributed by atoms with Gasteiger partial charge in [-0.1, -0.05) is 0 Å². The molecule has 1 aliphatic heterocycles. The highest BCUT2D eigenvalue weighted by Gasteiger charge is 2.42. The van der Waals surface area contributed by atoms with Crippen molar-refractivity contribution in [2.24, 2.45) is 11.7 Å². The van der Waals surface area contributed by atoms with E-state index < -0.39 is 34.7 Å². The number of nitrogen functional groups attached to an aromatic ring is 1. The molecule has 2 atom stereocenters.